The van der Waals surface area contributed by atoms with Crippen molar-refractivity contribution < 1.29 is 35.0 Å². The Morgan fingerprint density at radius 3 is 2.09 bits per heavy atom. The van der Waals surface area contributed by atoms with Crippen molar-refractivity contribution in [3.63, 3.8) is 0 Å². The van der Waals surface area contributed by atoms with E-state index in [4.69, 9.17) is 26.7 Å². The van der Waals surface area contributed by atoms with Gasteiger partial charge >= 0.3 is 0 Å². The summed E-state index contributed by atoms with van der Waals surface area (Å²) < 4.78 is 10.8. The summed E-state index contributed by atoms with van der Waals surface area (Å²) in [6.45, 7) is -0.0996. The van der Waals surface area contributed by atoms with Crippen LogP contribution < -0.4 is 17.2 Å². The summed E-state index contributed by atoms with van der Waals surface area (Å²) in [7, 11) is 0. The zero-order chi connectivity index (χ0) is 16.6. The quantitative estimate of drug-likeness (QED) is 0.248. The first kappa shape index (κ1) is 17.9. The molecule has 2 rings (SSSR count). The lowest BCUT2D eigenvalue weighted by Crippen LogP contribution is -2.65. The highest BCUT2D eigenvalue weighted by Gasteiger charge is 2.48. The van der Waals surface area contributed by atoms with Crippen molar-refractivity contribution in [1.82, 2.24) is 0 Å². The second-order valence-electron chi connectivity index (χ2n) is 5.90. The Labute approximate surface area is 127 Å². The van der Waals surface area contributed by atoms with E-state index >= 15 is 0 Å². The molecule has 130 valence electrons. The fourth-order valence-corrected chi connectivity index (χ4v) is 2.85. The van der Waals surface area contributed by atoms with Crippen LogP contribution in [0.4, 0.5) is 0 Å². The van der Waals surface area contributed by atoms with E-state index in [-0.39, 0.29) is 13.0 Å². The fourth-order valence-electron chi connectivity index (χ4n) is 2.85. The van der Waals surface area contributed by atoms with Gasteiger partial charge in [0.15, 0.2) is 6.29 Å². The maximum absolute atomic E-state index is 10.0. The van der Waals surface area contributed by atoms with Crippen LogP contribution in [0.2, 0.25) is 0 Å². The van der Waals surface area contributed by atoms with Crippen LogP contribution in [0.1, 0.15) is 6.42 Å². The number of hydrogen-bond acceptors (Lipinski definition) is 10. The van der Waals surface area contributed by atoms with E-state index in [1.165, 1.54) is 0 Å². The minimum absolute atomic E-state index is 0.0996. The molecule has 0 aromatic heterocycles. The summed E-state index contributed by atoms with van der Waals surface area (Å²) in [6.07, 6.45) is -10.1. The normalized spacial score (nSPS) is 53.5. The van der Waals surface area contributed by atoms with E-state index in [1.54, 1.807) is 0 Å². The largest absolute Gasteiger partial charge is 0.389 e. The Morgan fingerprint density at radius 1 is 0.864 bits per heavy atom. The molecule has 0 unspecified atom stereocenters. The number of hydrogen-bond donors (Lipinski definition) is 8. The molecule has 2 aliphatic rings. The third-order valence-corrected chi connectivity index (χ3v) is 4.28. The maximum Gasteiger partial charge on any atom is 0.187 e. The van der Waals surface area contributed by atoms with Gasteiger partial charge in [-0.15, -0.1) is 0 Å². The topological polar surface area (TPSA) is 198 Å². The van der Waals surface area contributed by atoms with E-state index in [0.717, 1.165) is 0 Å². The molecule has 0 radical (unpaired) electrons. The molecule has 10 heteroatoms. The predicted octanol–water partition coefficient (Wildman–Crippen LogP) is -5.08. The highest BCUT2D eigenvalue weighted by Crippen LogP contribution is 2.27. The molecule has 22 heavy (non-hydrogen) atoms. The second kappa shape index (κ2) is 7.01. The minimum Gasteiger partial charge on any atom is -0.389 e. The van der Waals surface area contributed by atoms with Gasteiger partial charge in [0.1, 0.15) is 36.6 Å². The van der Waals surface area contributed by atoms with Crippen molar-refractivity contribution in [3.05, 3.63) is 0 Å². The Hall–Kier alpha value is -0.400. The first-order valence-electron chi connectivity index (χ1n) is 7.20. The molecular weight excluding hydrogens is 298 g/mol. The van der Waals surface area contributed by atoms with Gasteiger partial charge in [-0.1, -0.05) is 0 Å². The van der Waals surface area contributed by atoms with Gasteiger partial charge < -0.3 is 52.2 Å². The van der Waals surface area contributed by atoms with E-state index in [1.807, 2.05) is 0 Å². The van der Waals surface area contributed by atoms with E-state index in [0.29, 0.717) is 0 Å². The third kappa shape index (κ3) is 3.26. The molecule has 0 aromatic rings. The second-order valence-corrected chi connectivity index (χ2v) is 5.90. The zero-order valence-electron chi connectivity index (χ0n) is 12.0. The molecule has 0 amide bonds. The molecule has 0 spiro atoms. The molecule has 1 heterocycles. The number of nitrogens with two attached hydrogens (primary N) is 3. The summed E-state index contributed by atoms with van der Waals surface area (Å²) in [5.41, 5.74) is 16.9. The summed E-state index contributed by atoms with van der Waals surface area (Å²) in [5.74, 6) is 0. The van der Waals surface area contributed by atoms with Crippen molar-refractivity contribution in [2.24, 2.45) is 17.2 Å². The maximum atomic E-state index is 10.0. The van der Waals surface area contributed by atoms with Crippen LogP contribution in [-0.2, 0) is 9.47 Å². The molecule has 1 aliphatic heterocycles. The van der Waals surface area contributed by atoms with Crippen molar-refractivity contribution >= 4 is 0 Å². The van der Waals surface area contributed by atoms with Crippen LogP contribution >= 0.6 is 0 Å². The van der Waals surface area contributed by atoms with Crippen LogP contribution in [-0.4, -0.2) is 93.2 Å². The molecule has 0 aromatic carbocycles. The summed E-state index contributed by atoms with van der Waals surface area (Å²) >= 11 is 0. The molecule has 1 saturated carbocycles. The van der Waals surface area contributed by atoms with Crippen LogP contribution in [0, 0.1) is 0 Å². The Bertz CT molecular complexity index is 375. The Kier molecular flexibility index (Phi) is 5.72. The first-order valence-corrected chi connectivity index (χ1v) is 7.20. The first-order chi connectivity index (χ1) is 10.3. The van der Waals surface area contributed by atoms with Crippen molar-refractivity contribution in [2.75, 3.05) is 6.54 Å². The minimum atomic E-state index is -1.55. The fraction of sp³-hybridized carbons (Fsp3) is 1.00. The number of ether oxygens (including phenoxy) is 2. The number of aliphatic hydroxyl groups is 5. The third-order valence-electron chi connectivity index (χ3n) is 4.28. The molecule has 0 bridgehead atoms. The van der Waals surface area contributed by atoms with Crippen LogP contribution in [0.5, 0.6) is 0 Å². The van der Waals surface area contributed by atoms with E-state index < -0.39 is 61.1 Å². The van der Waals surface area contributed by atoms with Crippen molar-refractivity contribution in [2.45, 2.75) is 67.5 Å². The van der Waals surface area contributed by atoms with Gasteiger partial charge in [0.25, 0.3) is 0 Å². The average Bonchev–Trinajstić information content (AvgIpc) is 2.49. The average molecular weight is 323 g/mol. The highest BCUT2D eigenvalue weighted by atomic mass is 16.7. The monoisotopic (exact) mass is 323 g/mol. The van der Waals surface area contributed by atoms with Crippen molar-refractivity contribution in [3.8, 4) is 0 Å². The van der Waals surface area contributed by atoms with Crippen LogP contribution in [0.25, 0.3) is 0 Å². The zero-order valence-corrected chi connectivity index (χ0v) is 12.0. The van der Waals surface area contributed by atoms with Gasteiger partial charge in [-0.25, -0.2) is 0 Å². The highest BCUT2D eigenvalue weighted by molar-refractivity contribution is 4.99. The molecule has 10 nitrogen and oxygen atoms in total. The molecule has 10 atom stereocenters. The van der Waals surface area contributed by atoms with E-state index in [2.05, 4.69) is 0 Å². The number of rotatable bonds is 3. The molecule has 1 saturated heterocycles. The molecule has 11 N–H and O–H groups in total. The smallest absolute Gasteiger partial charge is 0.187 e. The summed E-state index contributed by atoms with van der Waals surface area (Å²) in [4.78, 5) is 0. The molecule has 1 aliphatic carbocycles. The van der Waals surface area contributed by atoms with Gasteiger partial charge in [-0.3, -0.25) is 0 Å². The molecular formula is C12H25N3O7. The number of aliphatic hydroxyl groups excluding tert-OH is 5. The Morgan fingerprint density at radius 2 is 1.50 bits per heavy atom. The van der Waals surface area contributed by atoms with Gasteiger partial charge in [0, 0.05) is 18.6 Å². The standard InChI is InChI=1S/C12H25N3O7/c13-2-5-7(17)8(18)10(20)12(21-5)22-11-4(15)1-3(14)6(16)9(11)19/h3-12,16-20H,1-2,13-15H2/t3-,4+,5+,6+,7+,8-,9-,10+,11-,12+/m1/s1. The van der Waals surface area contributed by atoms with Gasteiger partial charge in [-0.05, 0) is 6.42 Å². The summed E-state index contributed by atoms with van der Waals surface area (Å²) in [5, 5.41) is 49.3. The SMILES string of the molecule is NC[C@@H]1O[C@@H](O[C@H]2[C@H](O)[C@@H](O)[C@H](N)C[C@@H]2N)[C@@H](O)[C@H](O)[C@H]1O. The van der Waals surface area contributed by atoms with Crippen LogP contribution in [0.15, 0.2) is 0 Å². The van der Waals surface area contributed by atoms with Crippen molar-refractivity contribution in [1.29, 1.82) is 0 Å². The lowest BCUT2D eigenvalue weighted by atomic mass is 9.84. The van der Waals surface area contributed by atoms with Crippen LogP contribution in [0.3, 0.4) is 0 Å². The predicted molar refractivity (Wildman–Crippen MR) is 73.2 cm³/mol. The van der Waals surface area contributed by atoms with Gasteiger partial charge in [-0.2, -0.15) is 0 Å². The van der Waals surface area contributed by atoms with Gasteiger partial charge in [0.2, 0.25) is 0 Å². The van der Waals surface area contributed by atoms with E-state index in [9.17, 15) is 25.5 Å². The lowest BCUT2D eigenvalue weighted by Gasteiger charge is -2.45. The lowest BCUT2D eigenvalue weighted by molar-refractivity contribution is -0.318. The van der Waals surface area contributed by atoms with Gasteiger partial charge in [0.05, 0.1) is 6.10 Å². The Balaban J connectivity index is 2.08. The summed E-state index contributed by atoms with van der Waals surface area (Å²) in [6, 6.07) is -1.38. The molecule has 2 fully saturated rings.